The summed E-state index contributed by atoms with van der Waals surface area (Å²) in [5.41, 5.74) is 0.840. The van der Waals surface area contributed by atoms with E-state index in [4.69, 9.17) is 16.3 Å². The van der Waals surface area contributed by atoms with Crippen molar-refractivity contribution in [3.8, 4) is 5.88 Å². The molecule has 0 N–H and O–H groups in total. The van der Waals surface area contributed by atoms with E-state index >= 15 is 0 Å². The third-order valence-electron chi connectivity index (χ3n) is 2.73. The normalized spacial score (nSPS) is 15.6. The Morgan fingerprint density at radius 1 is 1.38 bits per heavy atom. The van der Waals surface area contributed by atoms with Gasteiger partial charge in [0.15, 0.2) is 0 Å². The molecule has 0 unspecified atom stereocenters. The summed E-state index contributed by atoms with van der Waals surface area (Å²) in [6.07, 6.45) is 2.55. The van der Waals surface area contributed by atoms with Crippen molar-refractivity contribution in [3.63, 3.8) is 0 Å². The van der Waals surface area contributed by atoms with E-state index in [0.29, 0.717) is 11.0 Å². The fraction of sp³-hybridized carbons (Fsp3) is 0.667. The van der Waals surface area contributed by atoms with Crippen molar-refractivity contribution in [3.05, 3.63) is 16.5 Å². The fourth-order valence-electron chi connectivity index (χ4n) is 1.37. The summed E-state index contributed by atoms with van der Waals surface area (Å²) < 4.78 is 5.70. The Morgan fingerprint density at radius 2 is 2.06 bits per heavy atom. The Balaban J connectivity index is 2.19. The first-order chi connectivity index (χ1) is 7.58. The van der Waals surface area contributed by atoms with Gasteiger partial charge in [0.25, 0.3) is 0 Å². The highest BCUT2D eigenvalue weighted by atomic mass is 35.5. The maximum Gasteiger partial charge on any atom is 0.221 e. The maximum absolute atomic E-state index is 6.06. The van der Waals surface area contributed by atoms with Gasteiger partial charge in [0.1, 0.15) is 11.0 Å². The lowest BCUT2D eigenvalue weighted by molar-refractivity contribution is 0.284. The SMILES string of the molecule is Cc1c(Cl)nc(C(C)C)nc1OCC1CC1. The van der Waals surface area contributed by atoms with Crippen molar-refractivity contribution >= 4 is 11.6 Å². The molecule has 0 spiro atoms. The Morgan fingerprint density at radius 3 is 2.62 bits per heavy atom. The molecule has 1 heterocycles. The summed E-state index contributed by atoms with van der Waals surface area (Å²) in [6, 6.07) is 0. The summed E-state index contributed by atoms with van der Waals surface area (Å²) in [7, 11) is 0. The highest BCUT2D eigenvalue weighted by molar-refractivity contribution is 6.30. The van der Waals surface area contributed by atoms with Crippen LogP contribution < -0.4 is 4.74 Å². The Kier molecular flexibility index (Phi) is 3.33. The third-order valence-corrected chi connectivity index (χ3v) is 3.10. The van der Waals surface area contributed by atoms with Gasteiger partial charge in [0.05, 0.1) is 6.61 Å². The zero-order valence-electron chi connectivity index (χ0n) is 9.96. The van der Waals surface area contributed by atoms with Crippen molar-refractivity contribution in [2.24, 2.45) is 5.92 Å². The third kappa shape index (κ3) is 2.64. The average molecular weight is 241 g/mol. The predicted molar refractivity (Wildman–Crippen MR) is 64.1 cm³/mol. The molecule has 1 fully saturated rings. The Labute approximate surface area is 101 Å². The largest absolute Gasteiger partial charge is 0.477 e. The van der Waals surface area contributed by atoms with Gasteiger partial charge in [-0.15, -0.1) is 0 Å². The van der Waals surface area contributed by atoms with Gasteiger partial charge >= 0.3 is 0 Å². The second-order valence-corrected chi connectivity index (χ2v) is 5.07. The number of nitrogens with zero attached hydrogens (tertiary/aromatic N) is 2. The van der Waals surface area contributed by atoms with E-state index in [1.165, 1.54) is 12.8 Å². The van der Waals surface area contributed by atoms with Crippen LogP contribution in [0.3, 0.4) is 0 Å². The van der Waals surface area contributed by atoms with Crippen LogP contribution in [0.4, 0.5) is 0 Å². The van der Waals surface area contributed by atoms with Crippen LogP contribution in [0.15, 0.2) is 0 Å². The van der Waals surface area contributed by atoms with Crippen LogP contribution in [0.5, 0.6) is 5.88 Å². The van der Waals surface area contributed by atoms with Gasteiger partial charge in [0, 0.05) is 11.5 Å². The second kappa shape index (κ2) is 4.58. The van der Waals surface area contributed by atoms with E-state index in [1.807, 2.05) is 20.8 Å². The van der Waals surface area contributed by atoms with E-state index in [2.05, 4.69) is 9.97 Å². The highest BCUT2D eigenvalue weighted by Gasteiger charge is 2.23. The minimum atomic E-state index is 0.265. The van der Waals surface area contributed by atoms with Gasteiger partial charge < -0.3 is 4.74 Å². The molecule has 1 aliphatic rings. The summed E-state index contributed by atoms with van der Waals surface area (Å²) in [4.78, 5) is 8.66. The molecule has 3 nitrogen and oxygen atoms in total. The number of rotatable bonds is 4. The summed E-state index contributed by atoms with van der Waals surface area (Å²) >= 11 is 6.06. The Hall–Kier alpha value is -0.830. The van der Waals surface area contributed by atoms with E-state index in [0.717, 1.165) is 23.9 Å². The summed E-state index contributed by atoms with van der Waals surface area (Å²) in [5, 5.41) is 0.504. The lowest BCUT2D eigenvalue weighted by Gasteiger charge is -2.11. The monoisotopic (exact) mass is 240 g/mol. The molecule has 0 atom stereocenters. The highest BCUT2D eigenvalue weighted by Crippen LogP contribution is 2.31. The number of ether oxygens (including phenoxy) is 1. The van der Waals surface area contributed by atoms with Crippen LogP contribution in [0.25, 0.3) is 0 Å². The molecule has 88 valence electrons. The number of aromatic nitrogens is 2. The molecule has 0 radical (unpaired) electrons. The zero-order valence-corrected chi connectivity index (χ0v) is 10.7. The average Bonchev–Trinajstić information content (AvgIpc) is 3.03. The van der Waals surface area contributed by atoms with Crippen LogP contribution in [-0.4, -0.2) is 16.6 Å². The lowest BCUT2D eigenvalue weighted by Crippen LogP contribution is -2.07. The zero-order chi connectivity index (χ0) is 11.7. The van der Waals surface area contributed by atoms with Crippen LogP contribution in [0, 0.1) is 12.8 Å². The van der Waals surface area contributed by atoms with Crippen molar-refractivity contribution in [2.45, 2.75) is 39.5 Å². The van der Waals surface area contributed by atoms with Crippen LogP contribution in [0.1, 0.15) is 44.0 Å². The molecule has 1 saturated carbocycles. The minimum absolute atomic E-state index is 0.265. The molecular formula is C12H17ClN2O. The molecule has 0 bridgehead atoms. The van der Waals surface area contributed by atoms with Crippen molar-refractivity contribution in [1.29, 1.82) is 0 Å². The number of hydrogen-bond donors (Lipinski definition) is 0. The number of halogens is 1. The van der Waals surface area contributed by atoms with Crippen molar-refractivity contribution < 1.29 is 4.74 Å². The van der Waals surface area contributed by atoms with E-state index in [9.17, 15) is 0 Å². The fourth-order valence-corrected chi connectivity index (χ4v) is 1.53. The van der Waals surface area contributed by atoms with E-state index in [1.54, 1.807) is 0 Å². The first kappa shape index (κ1) is 11.6. The standard InChI is InChI=1S/C12H17ClN2O/c1-7(2)11-14-10(13)8(3)12(15-11)16-6-9-4-5-9/h7,9H,4-6H2,1-3H3. The lowest BCUT2D eigenvalue weighted by atomic mass is 10.2. The Bertz CT molecular complexity index is 389. The molecule has 1 aromatic rings. The molecule has 1 aromatic heterocycles. The van der Waals surface area contributed by atoms with Crippen LogP contribution in [0.2, 0.25) is 5.15 Å². The molecular weight excluding hydrogens is 224 g/mol. The van der Waals surface area contributed by atoms with Gasteiger partial charge in [-0.1, -0.05) is 25.4 Å². The predicted octanol–water partition coefficient (Wildman–Crippen LogP) is 3.35. The van der Waals surface area contributed by atoms with Crippen LogP contribution in [-0.2, 0) is 0 Å². The molecule has 0 saturated heterocycles. The first-order valence-corrected chi connectivity index (χ1v) is 6.12. The molecule has 0 aliphatic heterocycles. The van der Waals surface area contributed by atoms with Gasteiger partial charge in [-0.05, 0) is 25.7 Å². The maximum atomic E-state index is 6.06. The molecule has 0 aromatic carbocycles. The van der Waals surface area contributed by atoms with Crippen molar-refractivity contribution in [1.82, 2.24) is 9.97 Å². The quantitative estimate of drug-likeness (QED) is 0.757. The summed E-state index contributed by atoms with van der Waals surface area (Å²) in [6.45, 7) is 6.75. The molecule has 1 aliphatic carbocycles. The van der Waals surface area contributed by atoms with E-state index in [-0.39, 0.29) is 5.92 Å². The van der Waals surface area contributed by atoms with Crippen molar-refractivity contribution in [2.75, 3.05) is 6.61 Å². The molecule has 4 heteroatoms. The smallest absolute Gasteiger partial charge is 0.221 e. The topological polar surface area (TPSA) is 35.0 Å². The molecule has 0 amide bonds. The van der Waals surface area contributed by atoms with Gasteiger partial charge in [-0.2, -0.15) is 4.98 Å². The van der Waals surface area contributed by atoms with Gasteiger partial charge in [-0.3, -0.25) is 0 Å². The molecule has 16 heavy (non-hydrogen) atoms. The number of hydrogen-bond acceptors (Lipinski definition) is 3. The minimum Gasteiger partial charge on any atom is -0.477 e. The van der Waals surface area contributed by atoms with Gasteiger partial charge in [-0.25, -0.2) is 4.98 Å². The summed E-state index contributed by atoms with van der Waals surface area (Å²) in [5.74, 6) is 2.38. The molecule has 2 rings (SSSR count). The van der Waals surface area contributed by atoms with Crippen LogP contribution >= 0.6 is 11.6 Å². The first-order valence-electron chi connectivity index (χ1n) is 5.74. The van der Waals surface area contributed by atoms with Gasteiger partial charge in [0.2, 0.25) is 5.88 Å². The second-order valence-electron chi connectivity index (χ2n) is 4.71. The van der Waals surface area contributed by atoms with E-state index < -0.39 is 0 Å².